The van der Waals surface area contributed by atoms with Crippen LogP contribution in [-0.4, -0.2) is 39.2 Å². The minimum atomic E-state index is -0.648. The number of carbonyl (C=O) groups is 2. The third-order valence-corrected chi connectivity index (χ3v) is 3.98. The molecule has 0 heterocycles. The van der Waals surface area contributed by atoms with Crippen LogP contribution in [0.5, 0.6) is 17.2 Å². The Morgan fingerprint density at radius 1 is 1.07 bits per heavy atom. The smallest absolute Gasteiger partial charge is 0.331 e. The van der Waals surface area contributed by atoms with E-state index in [1.165, 1.54) is 26.4 Å². The number of hydrogen-bond donors (Lipinski definition) is 0. The molecule has 0 N–H and O–H groups in total. The van der Waals surface area contributed by atoms with Crippen molar-refractivity contribution in [1.82, 2.24) is 0 Å². The van der Waals surface area contributed by atoms with Gasteiger partial charge in [0.1, 0.15) is 5.75 Å². The lowest BCUT2D eigenvalue weighted by atomic mass is 10.1. The fourth-order valence-electron chi connectivity index (χ4n) is 2.37. The maximum atomic E-state index is 12.1. The Kier molecular flexibility index (Phi) is 7.89. The molecule has 6 nitrogen and oxygen atoms in total. The average Bonchev–Trinajstić information content (AvgIpc) is 2.70. The van der Waals surface area contributed by atoms with Crippen LogP contribution in [0.4, 0.5) is 0 Å². The standard InChI is InChI=1S/C21H21ClO6/c1-4-27-16-8-6-15(7-9-16)18(23)13-28-20(24)10-5-14-11-17(22)21(26-3)19(12-14)25-2/h5-12H,4,13H2,1-3H3/b10-5+. The van der Waals surface area contributed by atoms with Crippen molar-refractivity contribution in [2.24, 2.45) is 0 Å². The van der Waals surface area contributed by atoms with Gasteiger partial charge in [0.25, 0.3) is 0 Å². The van der Waals surface area contributed by atoms with E-state index in [9.17, 15) is 9.59 Å². The zero-order valence-corrected chi connectivity index (χ0v) is 16.6. The van der Waals surface area contributed by atoms with Crippen LogP contribution in [0.3, 0.4) is 0 Å². The topological polar surface area (TPSA) is 71.1 Å². The summed E-state index contributed by atoms with van der Waals surface area (Å²) >= 11 is 6.12. The second-order valence-electron chi connectivity index (χ2n) is 5.56. The predicted octanol–water partition coefficient (Wildman–Crippen LogP) is 4.20. The SMILES string of the molecule is CCOc1ccc(C(=O)COC(=O)/C=C/c2cc(Cl)c(OC)c(OC)c2)cc1. The van der Waals surface area contributed by atoms with Gasteiger partial charge in [-0.3, -0.25) is 4.79 Å². The van der Waals surface area contributed by atoms with Crippen LogP contribution in [0.25, 0.3) is 6.08 Å². The molecule has 0 aliphatic rings. The van der Waals surface area contributed by atoms with Gasteiger partial charge in [0, 0.05) is 11.6 Å². The highest BCUT2D eigenvalue weighted by molar-refractivity contribution is 6.32. The molecule has 0 atom stereocenters. The molecule has 2 rings (SSSR count). The van der Waals surface area contributed by atoms with Crippen molar-refractivity contribution >= 4 is 29.4 Å². The molecule has 148 valence electrons. The lowest BCUT2D eigenvalue weighted by Crippen LogP contribution is -2.12. The molecule has 2 aromatic carbocycles. The molecule has 7 heteroatoms. The first-order valence-corrected chi connectivity index (χ1v) is 8.88. The van der Waals surface area contributed by atoms with Crippen molar-refractivity contribution in [3.63, 3.8) is 0 Å². The Balaban J connectivity index is 1.94. The summed E-state index contributed by atoms with van der Waals surface area (Å²) in [5, 5.41) is 0.348. The second-order valence-corrected chi connectivity index (χ2v) is 5.97. The van der Waals surface area contributed by atoms with Crippen LogP contribution in [0.15, 0.2) is 42.5 Å². The van der Waals surface area contributed by atoms with E-state index in [0.29, 0.717) is 40.0 Å². The van der Waals surface area contributed by atoms with Gasteiger partial charge in [-0.25, -0.2) is 4.79 Å². The first-order chi connectivity index (χ1) is 13.5. The molecule has 28 heavy (non-hydrogen) atoms. The first-order valence-electron chi connectivity index (χ1n) is 8.50. The van der Waals surface area contributed by atoms with Crippen LogP contribution in [0, 0.1) is 0 Å². The second kappa shape index (κ2) is 10.4. The molecular weight excluding hydrogens is 384 g/mol. The monoisotopic (exact) mass is 404 g/mol. The summed E-state index contributed by atoms with van der Waals surface area (Å²) in [4.78, 5) is 24.0. The zero-order chi connectivity index (χ0) is 20.5. The lowest BCUT2D eigenvalue weighted by molar-refractivity contribution is -0.136. The summed E-state index contributed by atoms with van der Waals surface area (Å²) in [5.74, 6) is 0.565. The van der Waals surface area contributed by atoms with Gasteiger partial charge in [-0.05, 0) is 55.0 Å². The van der Waals surface area contributed by atoms with Gasteiger partial charge >= 0.3 is 5.97 Å². The number of ketones is 1. The van der Waals surface area contributed by atoms with Gasteiger partial charge < -0.3 is 18.9 Å². The van der Waals surface area contributed by atoms with Crippen LogP contribution in [0.1, 0.15) is 22.8 Å². The molecule has 0 bridgehead atoms. The predicted molar refractivity (Wildman–Crippen MR) is 106 cm³/mol. The molecule has 0 saturated heterocycles. The number of esters is 1. The highest BCUT2D eigenvalue weighted by Crippen LogP contribution is 2.36. The van der Waals surface area contributed by atoms with Gasteiger partial charge in [0.15, 0.2) is 23.9 Å². The first kappa shape index (κ1) is 21.3. The van der Waals surface area contributed by atoms with Crippen LogP contribution in [-0.2, 0) is 9.53 Å². The highest BCUT2D eigenvalue weighted by atomic mass is 35.5. The summed E-state index contributed by atoms with van der Waals surface area (Å²) < 4.78 is 20.7. The maximum Gasteiger partial charge on any atom is 0.331 e. The minimum absolute atomic E-state index is 0.307. The molecular formula is C21H21ClO6. The largest absolute Gasteiger partial charge is 0.494 e. The average molecular weight is 405 g/mol. The van der Waals surface area contributed by atoms with Crippen LogP contribution >= 0.6 is 11.6 Å². The Hall–Kier alpha value is -2.99. The van der Waals surface area contributed by atoms with Crippen LogP contribution < -0.4 is 14.2 Å². The number of halogens is 1. The van der Waals surface area contributed by atoms with E-state index in [4.69, 9.17) is 30.5 Å². The van der Waals surface area contributed by atoms with Gasteiger partial charge in [-0.15, -0.1) is 0 Å². The number of Topliss-reactive ketones (excluding diaryl/α,β-unsaturated/α-hetero) is 1. The molecule has 2 aromatic rings. The van der Waals surface area contributed by atoms with E-state index in [0.717, 1.165) is 0 Å². The fraction of sp³-hybridized carbons (Fsp3) is 0.238. The van der Waals surface area contributed by atoms with Gasteiger partial charge in [0.2, 0.25) is 0 Å². The van der Waals surface area contributed by atoms with Crippen molar-refractivity contribution in [1.29, 1.82) is 0 Å². The van der Waals surface area contributed by atoms with Gasteiger partial charge in [-0.1, -0.05) is 11.6 Å². The summed E-state index contributed by atoms with van der Waals surface area (Å²) in [7, 11) is 2.97. The maximum absolute atomic E-state index is 12.1. The van der Waals surface area contributed by atoms with Crippen molar-refractivity contribution in [2.75, 3.05) is 27.4 Å². The molecule has 0 aromatic heterocycles. The summed E-state index contributed by atoms with van der Waals surface area (Å²) in [5.41, 5.74) is 1.06. The number of rotatable bonds is 9. The molecule has 0 fully saturated rings. The van der Waals surface area contributed by atoms with E-state index >= 15 is 0 Å². The summed E-state index contributed by atoms with van der Waals surface area (Å²) in [6.45, 7) is 2.06. The number of hydrogen-bond acceptors (Lipinski definition) is 6. The number of benzene rings is 2. The Morgan fingerprint density at radius 2 is 1.79 bits per heavy atom. The van der Waals surface area contributed by atoms with Crippen molar-refractivity contribution in [3.05, 3.63) is 58.6 Å². The number of methoxy groups -OCH3 is 2. The Labute approximate surface area is 168 Å². The van der Waals surface area contributed by atoms with Crippen molar-refractivity contribution < 1.29 is 28.5 Å². The van der Waals surface area contributed by atoms with Crippen molar-refractivity contribution in [3.8, 4) is 17.2 Å². The van der Waals surface area contributed by atoms with Gasteiger partial charge in [0.05, 0.1) is 25.8 Å². The minimum Gasteiger partial charge on any atom is -0.494 e. The molecule has 0 aliphatic heterocycles. The summed E-state index contributed by atoms with van der Waals surface area (Å²) in [6, 6.07) is 9.93. The van der Waals surface area contributed by atoms with E-state index in [-0.39, 0.29) is 12.4 Å². The zero-order valence-electron chi connectivity index (χ0n) is 15.9. The fourth-order valence-corrected chi connectivity index (χ4v) is 2.67. The molecule has 0 aliphatic carbocycles. The highest BCUT2D eigenvalue weighted by Gasteiger charge is 2.11. The normalized spacial score (nSPS) is 10.6. The van der Waals surface area contributed by atoms with Crippen molar-refractivity contribution in [2.45, 2.75) is 6.92 Å². The molecule has 0 amide bonds. The van der Waals surface area contributed by atoms with Gasteiger partial charge in [-0.2, -0.15) is 0 Å². The number of carbonyl (C=O) groups excluding carboxylic acids is 2. The quantitative estimate of drug-likeness (QED) is 0.354. The third kappa shape index (κ3) is 5.76. The molecule has 0 spiro atoms. The van der Waals surface area contributed by atoms with E-state index in [1.54, 1.807) is 36.4 Å². The third-order valence-electron chi connectivity index (χ3n) is 3.70. The lowest BCUT2D eigenvalue weighted by Gasteiger charge is -2.10. The molecule has 0 unspecified atom stereocenters. The Morgan fingerprint density at radius 3 is 2.39 bits per heavy atom. The molecule has 0 radical (unpaired) electrons. The molecule has 0 saturated carbocycles. The van der Waals surface area contributed by atoms with E-state index in [1.807, 2.05) is 6.92 Å². The number of ether oxygens (including phenoxy) is 4. The Bertz CT molecular complexity index is 858. The van der Waals surface area contributed by atoms with Crippen LogP contribution in [0.2, 0.25) is 5.02 Å². The van der Waals surface area contributed by atoms with E-state index in [2.05, 4.69) is 0 Å². The summed E-state index contributed by atoms with van der Waals surface area (Å²) in [6.07, 6.45) is 2.72. The van der Waals surface area contributed by atoms with E-state index < -0.39 is 5.97 Å².